The summed E-state index contributed by atoms with van der Waals surface area (Å²) >= 11 is 0. The Bertz CT molecular complexity index is 975. The molecular weight excluding hydrogens is 356 g/mol. The van der Waals surface area contributed by atoms with E-state index in [1.807, 2.05) is 49.4 Å². The summed E-state index contributed by atoms with van der Waals surface area (Å²) in [4.78, 5) is 21.0. The van der Waals surface area contributed by atoms with E-state index < -0.39 is 0 Å². The number of nitrogens with one attached hydrogen (secondary N) is 2. The van der Waals surface area contributed by atoms with Crippen LogP contribution in [-0.2, 0) is 6.54 Å². The van der Waals surface area contributed by atoms with E-state index in [1.165, 1.54) is 6.20 Å². The fourth-order valence-corrected chi connectivity index (χ4v) is 2.70. The van der Waals surface area contributed by atoms with Crippen LogP contribution in [0, 0.1) is 6.92 Å². The van der Waals surface area contributed by atoms with Crippen molar-refractivity contribution in [3.8, 4) is 11.5 Å². The topological polar surface area (TPSA) is 85.4 Å². The summed E-state index contributed by atoms with van der Waals surface area (Å²) in [5.74, 6) is 1.40. The zero-order valence-corrected chi connectivity index (χ0v) is 16.0. The van der Waals surface area contributed by atoms with Crippen LogP contribution in [0.1, 0.15) is 21.6 Å². The molecule has 0 atom stereocenters. The minimum atomic E-state index is -0.299. The number of carbonyl (C=O) groups is 1. The average Bonchev–Trinajstić information content (AvgIpc) is 2.72. The van der Waals surface area contributed by atoms with Gasteiger partial charge in [0.25, 0.3) is 5.91 Å². The first-order chi connectivity index (χ1) is 13.6. The minimum absolute atomic E-state index is 0.263. The highest BCUT2D eigenvalue weighted by Crippen LogP contribution is 2.27. The fraction of sp³-hybridized carbons (Fsp3) is 0.190. The van der Waals surface area contributed by atoms with Crippen molar-refractivity contribution < 1.29 is 14.3 Å². The number of ether oxygens (including phenoxy) is 2. The summed E-state index contributed by atoms with van der Waals surface area (Å²) in [7, 11) is 3.20. The molecule has 144 valence electrons. The third-order valence-electron chi connectivity index (χ3n) is 4.12. The van der Waals surface area contributed by atoms with E-state index in [-0.39, 0.29) is 11.6 Å². The van der Waals surface area contributed by atoms with Crippen LogP contribution in [0.5, 0.6) is 11.5 Å². The Morgan fingerprint density at radius 3 is 2.61 bits per heavy atom. The molecule has 3 rings (SSSR count). The van der Waals surface area contributed by atoms with Crippen molar-refractivity contribution >= 4 is 17.5 Å². The van der Waals surface area contributed by atoms with Gasteiger partial charge >= 0.3 is 0 Å². The summed E-state index contributed by atoms with van der Waals surface area (Å²) in [5, 5.41) is 5.96. The first kappa shape index (κ1) is 19.2. The molecule has 2 N–H and O–H groups in total. The lowest BCUT2D eigenvalue weighted by atomic mass is 10.2. The number of hydrogen-bond acceptors (Lipinski definition) is 6. The second kappa shape index (κ2) is 8.85. The molecule has 0 fully saturated rings. The number of para-hydroxylation sites is 1. The smallest absolute Gasteiger partial charge is 0.270 e. The molecule has 3 aromatic rings. The molecule has 1 heterocycles. The Balaban J connectivity index is 1.72. The standard InChI is InChI=1S/C21H22N4O3/c1-14-8-9-19(28-3)17(12-14)25-21-22-11-10-16(24-21)20(26)23-13-15-6-4-5-7-18(15)27-2/h4-12H,13H2,1-3H3,(H,23,26)(H,22,24,25). The molecule has 0 unspecified atom stereocenters. The SMILES string of the molecule is COc1ccccc1CNC(=O)c1ccnc(Nc2cc(C)ccc2OC)n1. The normalized spacial score (nSPS) is 10.2. The highest BCUT2D eigenvalue weighted by Gasteiger charge is 2.11. The van der Waals surface area contributed by atoms with Crippen LogP contribution in [0.2, 0.25) is 0 Å². The molecule has 0 spiro atoms. The molecule has 0 aliphatic carbocycles. The van der Waals surface area contributed by atoms with Gasteiger partial charge in [0.1, 0.15) is 17.2 Å². The number of aryl methyl sites for hydroxylation is 1. The molecule has 1 aromatic heterocycles. The molecule has 1 amide bonds. The highest BCUT2D eigenvalue weighted by atomic mass is 16.5. The van der Waals surface area contributed by atoms with Crippen LogP contribution < -0.4 is 20.1 Å². The number of hydrogen-bond donors (Lipinski definition) is 2. The molecule has 0 aliphatic rings. The van der Waals surface area contributed by atoms with Crippen molar-refractivity contribution in [2.75, 3.05) is 19.5 Å². The molecule has 2 aromatic carbocycles. The van der Waals surface area contributed by atoms with Crippen LogP contribution >= 0.6 is 0 Å². The first-order valence-electron chi connectivity index (χ1n) is 8.75. The number of carbonyl (C=O) groups excluding carboxylic acids is 1. The maximum atomic E-state index is 12.5. The summed E-state index contributed by atoms with van der Waals surface area (Å²) in [5.41, 5.74) is 2.94. The van der Waals surface area contributed by atoms with E-state index in [9.17, 15) is 4.79 Å². The Hall–Kier alpha value is -3.61. The molecule has 0 saturated heterocycles. The van der Waals surface area contributed by atoms with Crippen molar-refractivity contribution in [3.63, 3.8) is 0 Å². The molecule has 0 aliphatic heterocycles. The Morgan fingerprint density at radius 2 is 1.82 bits per heavy atom. The van der Waals surface area contributed by atoms with Crippen molar-refractivity contribution in [1.82, 2.24) is 15.3 Å². The third kappa shape index (κ3) is 4.56. The van der Waals surface area contributed by atoms with Gasteiger partial charge in [-0.3, -0.25) is 4.79 Å². The van der Waals surface area contributed by atoms with E-state index in [1.54, 1.807) is 20.3 Å². The predicted octanol–water partition coefficient (Wildman–Crippen LogP) is 3.48. The van der Waals surface area contributed by atoms with Crippen molar-refractivity contribution in [3.05, 3.63) is 71.5 Å². The van der Waals surface area contributed by atoms with Crippen LogP contribution in [0.25, 0.3) is 0 Å². The zero-order valence-electron chi connectivity index (χ0n) is 16.0. The van der Waals surface area contributed by atoms with E-state index in [0.29, 0.717) is 18.2 Å². The lowest BCUT2D eigenvalue weighted by Crippen LogP contribution is -2.24. The number of rotatable bonds is 7. The summed E-state index contributed by atoms with van der Waals surface area (Å²) in [6.45, 7) is 2.31. The van der Waals surface area contributed by atoms with Gasteiger partial charge in [-0.2, -0.15) is 0 Å². The van der Waals surface area contributed by atoms with E-state index >= 15 is 0 Å². The van der Waals surface area contributed by atoms with Gasteiger partial charge in [-0.05, 0) is 36.8 Å². The van der Waals surface area contributed by atoms with Gasteiger partial charge in [0, 0.05) is 18.3 Å². The largest absolute Gasteiger partial charge is 0.496 e. The van der Waals surface area contributed by atoms with Gasteiger partial charge in [0.15, 0.2) is 0 Å². The second-order valence-electron chi connectivity index (χ2n) is 6.09. The number of aromatic nitrogens is 2. The quantitative estimate of drug-likeness (QED) is 0.655. The molecule has 0 radical (unpaired) electrons. The number of methoxy groups -OCH3 is 2. The number of nitrogens with zero attached hydrogens (tertiary/aromatic N) is 2. The van der Waals surface area contributed by atoms with Gasteiger partial charge in [0.05, 0.1) is 19.9 Å². The van der Waals surface area contributed by atoms with Crippen molar-refractivity contribution in [2.45, 2.75) is 13.5 Å². The Labute approximate surface area is 163 Å². The first-order valence-corrected chi connectivity index (χ1v) is 8.75. The van der Waals surface area contributed by atoms with Crippen LogP contribution in [0.3, 0.4) is 0 Å². The lowest BCUT2D eigenvalue weighted by Gasteiger charge is -2.12. The van der Waals surface area contributed by atoms with Crippen molar-refractivity contribution in [2.24, 2.45) is 0 Å². The minimum Gasteiger partial charge on any atom is -0.496 e. The fourth-order valence-electron chi connectivity index (χ4n) is 2.70. The molecule has 28 heavy (non-hydrogen) atoms. The Kier molecular flexibility index (Phi) is 6.06. The molecule has 7 nitrogen and oxygen atoms in total. The van der Waals surface area contributed by atoms with Crippen LogP contribution in [0.15, 0.2) is 54.7 Å². The van der Waals surface area contributed by atoms with Gasteiger partial charge < -0.3 is 20.1 Å². The van der Waals surface area contributed by atoms with Crippen LogP contribution in [0.4, 0.5) is 11.6 Å². The van der Waals surface area contributed by atoms with Crippen molar-refractivity contribution in [1.29, 1.82) is 0 Å². The molecule has 0 bridgehead atoms. The van der Waals surface area contributed by atoms with Gasteiger partial charge in [-0.25, -0.2) is 9.97 Å². The number of anilines is 2. The molecule has 0 saturated carbocycles. The van der Waals surface area contributed by atoms with Gasteiger partial charge in [-0.1, -0.05) is 24.3 Å². The summed E-state index contributed by atoms with van der Waals surface area (Å²) in [6.07, 6.45) is 1.54. The monoisotopic (exact) mass is 378 g/mol. The maximum absolute atomic E-state index is 12.5. The third-order valence-corrected chi connectivity index (χ3v) is 4.12. The molecule has 7 heteroatoms. The summed E-state index contributed by atoms with van der Waals surface area (Å²) < 4.78 is 10.7. The highest BCUT2D eigenvalue weighted by molar-refractivity contribution is 5.92. The lowest BCUT2D eigenvalue weighted by molar-refractivity contribution is 0.0945. The van der Waals surface area contributed by atoms with Gasteiger partial charge in [-0.15, -0.1) is 0 Å². The van der Waals surface area contributed by atoms with E-state index in [0.717, 1.165) is 22.6 Å². The Morgan fingerprint density at radius 1 is 1.04 bits per heavy atom. The van der Waals surface area contributed by atoms with E-state index in [2.05, 4.69) is 20.6 Å². The predicted molar refractivity (Wildman–Crippen MR) is 107 cm³/mol. The van der Waals surface area contributed by atoms with Gasteiger partial charge in [0.2, 0.25) is 5.95 Å². The number of amides is 1. The molecular formula is C21H22N4O3. The summed E-state index contributed by atoms with van der Waals surface area (Å²) in [6, 6.07) is 14.8. The zero-order chi connectivity index (χ0) is 19.9. The van der Waals surface area contributed by atoms with E-state index in [4.69, 9.17) is 9.47 Å². The van der Waals surface area contributed by atoms with Crippen LogP contribution in [-0.4, -0.2) is 30.1 Å². The second-order valence-corrected chi connectivity index (χ2v) is 6.09. The maximum Gasteiger partial charge on any atom is 0.270 e. The number of benzene rings is 2. The average molecular weight is 378 g/mol.